The lowest BCUT2D eigenvalue weighted by atomic mass is 10.1. The average molecular weight is 317 g/mol. The lowest BCUT2D eigenvalue weighted by Gasteiger charge is -2.08. The molecule has 0 saturated heterocycles. The van der Waals surface area contributed by atoms with Crippen molar-refractivity contribution >= 4 is 38.5 Å². The van der Waals surface area contributed by atoms with Gasteiger partial charge in [0.1, 0.15) is 5.82 Å². The third-order valence-electron chi connectivity index (χ3n) is 2.61. The first-order chi connectivity index (χ1) is 8.06. The molecule has 0 saturated carbocycles. The molecule has 5 heteroatoms. The van der Waals surface area contributed by atoms with E-state index in [0.717, 1.165) is 15.4 Å². The minimum atomic E-state index is -0.260. The number of nitrogens with zero attached hydrogens (tertiary/aromatic N) is 1. The number of hydrogen-bond acceptors (Lipinski definition) is 3. The van der Waals surface area contributed by atoms with Crippen LogP contribution in [0.5, 0.6) is 0 Å². The van der Waals surface area contributed by atoms with Crippen molar-refractivity contribution in [1.82, 2.24) is 0 Å². The maximum atomic E-state index is 13.5. The molecule has 17 heavy (non-hydrogen) atoms. The largest absolute Gasteiger partial charge is 0.333 e. The molecular weight excluding hydrogens is 303 g/mol. The van der Waals surface area contributed by atoms with Crippen LogP contribution >= 0.6 is 27.7 Å². The number of amidine groups is 1. The summed E-state index contributed by atoms with van der Waals surface area (Å²) in [6, 6.07) is 5.17. The van der Waals surface area contributed by atoms with Crippen LogP contribution in [0, 0.1) is 11.7 Å². The van der Waals surface area contributed by atoms with E-state index < -0.39 is 0 Å². The van der Waals surface area contributed by atoms with Gasteiger partial charge in [-0.25, -0.2) is 4.39 Å². The molecule has 0 spiro atoms. The summed E-state index contributed by atoms with van der Waals surface area (Å²) >= 11 is 4.97. The minimum absolute atomic E-state index is 0.260. The molecule has 1 atom stereocenters. The van der Waals surface area contributed by atoms with Gasteiger partial charge in [0, 0.05) is 10.2 Å². The number of anilines is 1. The summed E-state index contributed by atoms with van der Waals surface area (Å²) in [5.41, 5.74) is 0.468. The van der Waals surface area contributed by atoms with Gasteiger partial charge in [-0.3, -0.25) is 4.99 Å². The highest BCUT2D eigenvalue weighted by Gasteiger charge is 2.21. The van der Waals surface area contributed by atoms with Gasteiger partial charge in [-0.15, -0.1) is 0 Å². The van der Waals surface area contributed by atoms with E-state index in [0.29, 0.717) is 17.6 Å². The first kappa shape index (κ1) is 12.9. The van der Waals surface area contributed by atoms with Crippen molar-refractivity contribution in [1.29, 1.82) is 0 Å². The Balaban J connectivity index is 2.11. The fourth-order valence-electron chi connectivity index (χ4n) is 1.51. The third-order valence-corrected chi connectivity index (χ3v) is 4.10. The predicted molar refractivity (Wildman–Crippen MR) is 76.2 cm³/mol. The fourth-order valence-corrected chi connectivity index (χ4v) is 3.05. The number of aliphatic imine (C=N–C) groups is 1. The molecule has 2 nitrogen and oxygen atoms in total. The molecule has 92 valence electrons. The van der Waals surface area contributed by atoms with Crippen LogP contribution in [0.1, 0.15) is 13.8 Å². The van der Waals surface area contributed by atoms with Gasteiger partial charge in [0.05, 0.1) is 11.7 Å². The van der Waals surface area contributed by atoms with Crippen LogP contribution in [0.2, 0.25) is 0 Å². The molecule has 1 aliphatic rings. The molecule has 0 bridgehead atoms. The minimum Gasteiger partial charge on any atom is -0.333 e. The van der Waals surface area contributed by atoms with Gasteiger partial charge < -0.3 is 5.32 Å². The zero-order valence-electron chi connectivity index (χ0n) is 9.71. The van der Waals surface area contributed by atoms with Crippen molar-refractivity contribution in [3.8, 4) is 0 Å². The van der Waals surface area contributed by atoms with E-state index in [-0.39, 0.29) is 5.82 Å². The number of hydrogen-bond donors (Lipinski definition) is 1. The lowest BCUT2D eigenvalue weighted by Crippen LogP contribution is -2.12. The summed E-state index contributed by atoms with van der Waals surface area (Å²) in [7, 11) is 0. The highest BCUT2D eigenvalue weighted by atomic mass is 79.9. The maximum Gasteiger partial charge on any atom is 0.161 e. The number of benzene rings is 1. The third kappa shape index (κ3) is 3.22. The van der Waals surface area contributed by atoms with Crippen LogP contribution in [0.15, 0.2) is 27.7 Å². The van der Waals surface area contributed by atoms with E-state index in [4.69, 9.17) is 0 Å². The number of halogens is 2. The SMILES string of the molecule is CC(C)[C@H]1CSC(Nc2cc(Br)ccc2F)=N1. The Morgan fingerprint density at radius 1 is 1.53 bits per heavy atom. The molecule has 0 aliphatic carbocycles. The van der Waals surface area contributed by atoms with Gasteiger partial charge in [0.2, 0.25) is 0 Å². The molecule has 0 unspecified atom stereocenters. The zero-order chi connectivity index (χ0) is 12.4. The van der Waals surface area contributed by atoms with Gasteiger partial charge in [-0.1, -0.05) is 41.5 Å². The van der Waals surface area contributed by atoms with E-state index in [1.165, 1.54) is 6.07 Å². The van der Waals surface area contributed by atoms with E-state index in [1.807, 2.05) is 0 Å². The Morgan fingerprint density at radius 3 is 2.94 bits per heavy atom. The van der Waals surface area contributed by atoms with Crippen LogP contribution in [0.4, 0.5) is 10.1 Å². The van der Waals surface area contributed by atoms with Gasteiger partial charge in [0.15, 0.2) is 5.17 Å². The summed E-state index contributed by atoms with van der Waals surface area (Å²) in [6.45, 7) is 4.30. The average Bonchev–Trinajstić information content (AvgIpc) is 2.72. The van der Waals surface area contributed by atoms with Crippen LogP contribution in [-0.2, 0) is 0 Å². The second-order valence-electron chi connectivity index (χ2n) is 4.31. The van der Waals surface area contributed by atoms with E-state index in [1.54, 1.807) is 23.9 Å². The van der Waals surface area contributed by atoms with Crippen LogP contribution in [0.3, 0.4) is 0 Å². The summed E-state index contributed by atoms with van der Waals surface area (Å²) in [4.78, 5) is 4.54. The Morgan fingerprint density at radius 2 is 2.29 bits per heavy atom. The molecule has 1 N–H and O–H groups in total. The molecular formula is C12H14BrFN2S. The van der Waals surface area contributed by atoms with Crippen molar-refractivity contribution in [3.63, 3.8) is 0 Å². The molecule has 0 fully saturated rings. The Hall–Kier alpha value is -0.550. The van der Waals surface area contributed by atoms with Gasteiger partial charge >= 0.3 is 0 Å². The smallest absolute Gasteiger partial charge is 0.161 e. The molecule has 1 heterocycles. The molecule has 1 aromatic rings. The predicted octanol–water partition coefficient (Wildman–Crippen LogP) is 4.13. The highest BCUT2D eigenvalue weighted by molar-refractivity contribution is 9.10. The summed E-state index contributed by atoms with van der Waals surface area (Å²) in [5, 5.41) is 3.85. The maximum absolute atomic E-state index is 13.5. The van der Waals surface area contributed by atoms with Crippen LogP contribution in [0.25, 0.3) is 0 Å². The molecule has 0 amide bonds. The first-order valence-corrected chi connectivity index (χ1v) is 7.27. The normalized spacial score (nSPS) is 19.6. The van der Waals surface area contributed by atoms with E-state index in [2.05, 4.69) is 40.1 Å². The van der Waals surface area contributed by atoms with E-state index in [9.17, 15) is 4.39 Å². The van der Waals surface area contributed by atoms with Gasteiger partial charge in [-0.2, -0.15) is 0 Å². The topological polar surface area (TPSA) is 24.4 Å². The van der Waals surface area contributed by atoms with Crippen molar-refractivity contribution in [2.75, 3.05) is 11.1 Å². The van der Waals surface area contributed by atoms with Gasteiger partial charge in [0.25, 0.3) is 0 Å². The number of nitrogens with one attached hydrogen (secondary N) is 1. The highest BCUT2D eigenvalue weighted by Crippen LogP contribution is 2.26. The van der Waals surface area contributed by atoms with Gasteiger partial charge in [-0.05, 0) is 24.1 Å². The second kappa shape index (κ2) is 5.40. The quantitative estimate of drug-likeness (QED) is 0.887. The lowest BCUT2D eigenvalue weighted by molar-refractivity contribution is 0.543. The molecule has 2 rings (SSSR count). The second-order valence-corrected chi connectivity index (χ2v) is 6.23. The Kier molecular flexibility index (Phi) is 4.09. The number of rotatable bonds is 2. The van der Waals surface area contributed by atoms with Crippen LogP contribution in [-0.4, -0.2) is 17.0 Å². The van der Waals surface area contributed by atoms with Crippen LogP contribution < -0.4 is 5.32 Å². The fraction of sp³-hybridized carbons (Fsp3) is 0.417. The summed E-state index contributed by atoms with van der Waals surface area (Å²) < 4.78 is 14.4. The van der Waals surface area contributed by atoms with Crippen molar-refractivity contribution in [2.24, 2.45) is 10.9 Å². The zero-order valence-corrected chi connectivity index (χ0v) is 12.1. The van der Waals surface area contributed by atoms with Crippen molar-refractivity contribution in [2.45, 2.75) is 19.9 Å². The van der Waals surface area contributed by atoms with E-state index >= 15 is 0 Å². The molecule has 1 aliphatic heterocycles. The Labute approximate surface area is 113 Å². The van der Waals surface area contributed by atoms with Crippen molar-refractivity contribution in [3.05, 3.63) is 28.5 Å². The Bertz CT molecular complexity index is 448. The first-order valence-electron chi connectivity index (χ1n) is 5.49. The molecule has 0 radical (unpaired) electrons. The monoisotopic (exact) mass is 316 g/mol. The molecule has 0 aromatic heterocycles. The molecule has 1 aromatic carbocycles. The van der Waals surface area contributed by atoms with Crippen molar-refractivity contribution < 1.29 is 4.39 Å². The summed E-state index contributed by atoms with van der Waals surface area (Å²) in [5.74, 6) is 1.23. The standard InChI is InChI=1S/C12H14BrFN2S/c1-7(2)11-6-17-12(16-11)15-10-5-8(13)3-4-9(10)14/h3-5,7,11H,6H2,1-2H3,(H,15,16)/t11-/m1/s1. The summed E-state index contributed by atoms with van der Waals surface area (Å²) in [6.07, 6.45) is 0. The number of thioether (sulfide) groups is 1.